The summed E-state index contributed by atoms with van der Waals surface area (Å²) in [5, 5.41) is 22.7. The van der Waals surface area contributed by atoms with Crippen molar-refractivity contribution in [1.29, 1.82) is 5.26 Å². The predicted molar refractivity (Wildman–Crippen MR) is 100 cm³/mol. The molecule has 1 aliphatic rings. The molecule has 0 bridgehead atoms. The number of rotatable bonds is 3. The number of benzene rings is 1. The molecule has 150 valence electrons. The van der Waals surface area contributed by atoms with Crippen molar-refractivity contribution in [1.82, 2.24) is 10.4 Å². The van der Waals surface area contributed by atoms with Crippen molar-refractivity contribution in [2.75, 3.05) is 7.11 Å². The van der Waals surface area contributed by atoms with Crippen LogP contribution < -0.4 is 5.43 Å². The molecule has 28 heavy (non-hydrogen) atoms. The van der Waals surface area contributed by atoms with Crippen molar-refractivity contribution in [2.24, 2.45) is 0 Å². The van der Waals surface area contributed by atoms with E-state index in [4.69, 9.17) is 9.47 Å². The highest BCUT2D eigenvalue weighted by molar-refractivity contribution is 5.95. The Hall–Kier alpha value is -3.05. The Bertz CT molecular complexity index is 849. The number of nitrogens with one attached hydrogen (secondary N) is 1. The number of carbonyl (C=O) groups excluding carboxylic acids is 2. The quantitative estimate of drug-likeness (QED) is 0.766. The van der Waals surface area contributed by atoms with Crippen molar-refractivity contribution >= 4 is 12.1 Å². The number of amides is 1. The number of ether oxygens (including phenoxy) is 2. The van der Waals surface area contributed by atoms with Crippen LogP contribution in [0.2, 0.25) is 0 Å². The third-order valence-electron chi connectivity index (χ3n) is 4.58. The normalized spacial score (nSPS) is 24.6. The van der Waals surface area contributed by atoms with Gasteiger partial charge in [-0.1, -0.05) is 30.3 Å². The molecule has 1 aromatic rings. The smallest absolute Gasteiger partial charge is 0.426 e. The Kier molecular flexibility index (Phi) is 5.44. The Morgan fingerprint density at radius 2 is 1.82 bits per heavy atom. The van der Waals surface area contributed by atoms with Gasteiger partial charge in [-0.05, 0) is 40.2 Å². The molecule has 0 aromatic heterocycles. The van der Waals surface area contributed by atoms with E-state index in [0.717, 1.165) is 5.01 Å². The van der Waals surface area contributed by atoms with Gasteiger partial charge in [0.05, 0.1) is 18.8 Å². The standard InChI is InChI=1S/C20H25N3O5/c1-13-15(16(24)27-6)20(12-21,14-10-8-7-9-11-14)19(5,26)23(13)22-17(25)28-18(2,3)4/h7-11,26H,1-6H3,(H,22,25). The molecule has 2 atom stereocenters. The van der Waals surface area contributed by atoms with E-state index in [1.54, 1.807) is 51.1 Å². The molecule has 8 nitrogen and oxygen atoms in total. The van der Waals surface area contributed by atoms with Gasteiger partial charge in [0.1, 0.15) is 5.60 Å². The van der Waals surface area contributed by atoms with E-state index >= 15 is 0 Å². The van der Waals surface area contributed by atoms with Crippen molar-refractivity contribution in [3.63, 3.8) is 0 Å². The zero-order chi connectivity index (χ0) is 21.3. The second-order valence-electron chi connectivity index (χ2n) is 7.65. The zero-order valence-corrected chi connectivity index (χ0v) is 16.9. The summed E-state index contributed by atoms with van der Waals surface area (Å²) < 4.78 is 10.1. The SMILES string of the molecule is COC(=O)C1=C(C)N(NC(=O)OC(C)(C)C)C(C)(O)C1(C#N)c1ccccc1. The number of nitriles is 1. The van der Waals surface area contributed by atoms with E-state index in [9.17, 15) is 20.0 Å². The van der Waals surface area contributed by atoms with E-state index < -0.39 is 28.8 Å². The minimum atomic E-state index is -2.01. The zero-order valence-electron chi connectivity index (χ0n) is 16.9. The topological polar surface area (TPSA) is 112 Å². The molecule has 1 aliphatic heterocycles. The van der Waals surface area contributed by atoms with Crippen LogP contribution in [0.15, 0.2) is 41.6 Å². The van der Waals surface area contributed by atoms with Crippen LogP contribution >= 0.6 is 0 Å². The summed E-state index contributed by atoms with van der Waals surface area (Å²) in [6, 6.07) is 10.5. The highest BCUT2D eigenvalue weighted by Gasteiger charge is 2.64. The fourth-order valence-electron chi connectivity index (χ4n) is 3.43. The maximum Gasteiger partial charge on any atom is 0.426 e. The number of carbonyl (C=O) groups is 2. The van der Waals surface area contributed by atoms with Crippen molar-refractivity contribution < 1.29 is 24.2 Å². The number of hydrogen-bond donors (Lipinski definition) is 2. The lowest BCUT2D eigenvalue weighted by Crippen LogP contribution is -2.61. The van der Waals surface area contributed by atoms with E-state index in [0.29, 0.717) is 5.56 Å². The van der Waals surface area contributed by atoms with Crippen LogP contribution in [0.5, 0.6) is 0 Å². The van der Waals surface area contributed by atoms with E-state index in [1.807, 2.05) is 0 Å². The molecule has 1 amide bonds. The van der Waals surface area contributed by atoms with Crippen LogP contribution in [0.3, 0.4) is 0 Å². The van der Waals surface area contributed by atoms with Crippen LogP contribution in [0.1, 0.15) is 40.2 Å². The number of methoxy groups -OCH3 is 1. The molecule has 2 unspecified atom stereocenters. The molecule has 0 saturated heterocycles. The molecule has 8 heteroatoms. The number of aliphatic hydroxyl groups is 1. The van der Waals surface area contributed by atoms with Gasteiger partial charge in [0, 0.05) is 5.70 Å². The number of nitrogens with zero attached hydrogens (tertiary/aromatic N) is 2. The first-order valence-corrected chi connectivity index (χ1v) is 8.71. The molecular formula is C20H25N3O5. The maximum atomic E-state index is 12.6. The molecule has 1 aromatic carbocycles. The van der Waals surface area contributed by atoms with Gasteiger partial charge in [-0.15, -0.1) is 0 Å². The van der Waals surface area contributed by atoms with Gasteiger partial charge >= 0.3 is 12.1 Å². The van der Waals surface area contributed by atoms with Gasteiger partial charge in [0.15, 0.2) is 11.1 Å². The number of allylic oxidation sites excluding steroid dienone is 1. The Labute approximate surface area is 164 Å². The van der Waals surface area contributed by atoms with Gasteiger partial charge in [0.2, 0.25) is 0 Å². The van der Waals surface area contributed by atoms with Gasteiger partial charge in [-0.2, -0.15) is 5.26 Å². The molecule has 0 radical (unpaired) electrons. The van der Waals surface area contributed by atoms with E-state index in [-0.39, 0.29) is 11.3 Å². The molecule has 0 fully saturated rings. The average molecular weight is 387 g/mol. The molecule has 0 spiro atoms. The largest absolute Gasteiger partial charge is 0.466 e. The van der Waals surface area contributed by atoms with Crippen molar-refractivity contribution in [3.05, 3.63) is 47.2 Å². The summed E-state index contributed by atoms with van der Waals surface area (Å²) in [6.45, 7) is 7.95. The lowest BCUT2D eigenvalue weighted by atomic mass is 9.70. The third-order valence-corrected chi connectivity index (χ3v) is 4.58. The maximum absolute atomic E-state index is 12.6. The lowest BCUT2D eigenvalue weighted by molar-refractivity contribution is -0.139. The summed E-state index contributed by atoms with van der Waals surface area (Å²) in [7, 11) is 1.19. The van der Waals surface area contributed by atoms with E-state index in [2.05, 4.69) is 11.5 Å². The first kappa shape index (κ1) is 21.3. The fraction of sp³-hybridized carbons (Fsp3) is 0.450. The van der Waals surface area contributed by atoms with Crippen LogP contribution in [-0.4, -0.2) is 40.6 Å². The first-order chi connectivity index (χ1) is 12.9. The van der Waals surface area contributed by atoms with Crippen LogP contribution in [0, 0.1) is 11.3 Å². The molecule has 0 saturated carbocycles. The van der Waals surface area contributed by atoms with Crippen LogP contribution in [0.4, 0.5) is 4.79 Å². The summed E-state index contributed by atoms with van der Waals surface area (Å²) >= 11 is 0. The Balaban J connectivity index is 2.65. The minimum absolute atomic E-state index is 0.0650. The molecule has 2 N–H and O–H groups in total. The summed E-state index contributed by atoms with van der Waals surface area (Å²) in [5.41, 5.74) is -1.64. The average Bonchev–Trinajstić information content (AvgIpc) is 2.78. The molecular weight excluding hydrogens is 362 g/mol. The second kappa shape index (κ2) is 7.17. The Morgan fingerprint density at radius 3 is 2.29 bits per heavy atom. The minimum Gasteiger partial charge on any atom is -0.466 e. The summed E-state index contributed by atoms with van der Waals surface area (Å²) in [6.07, 6.45) is -0.835. The van der Waals surface area contributed by atoms with Crippen LogP contribution in [-0.2, 0) is 19.7 Å². The first-order valence-electron chi connectivity index (χ1n) is 8.71. The summed E-state index contributed by atoms with van der Waals surface area (Å²) in [4.78, 5) is 24.9. The molecule has 2 rings (SSSR count). The lowest BCUT2D eigenvalue weighted by Gasteiger charge is -2.41. The van der Waals surface area contributed by atoms with Gasteiger partial charge in [-0.25, -0.2) is 15.0 Å². The molecule has 0 aliphatic carbocycles. The molecule has 1 heterocycles. The summed E-state index contributed by atoms with van der Waals surface area (Å²) in [5.74, 6) is -0.781. The monoisotopic (exact) mass is 387 g/mol. The van der Waals surface area contributed by atoms with Crippen molar-refractivity contribution in [2.45, 2.75) is 51.4 Å². The highest BCUT2D eigenvalue weighted by Crippen LogP contribution is 2.51. The third kappa shape index (κ3) is 3.29. The number of esters is 1. The van der Waals surface area contributed by atoms with Gasteiger partial charge in [-0.3, -0.25) is 5.01 Å². The Morgan fingerprint density at radius 1 is 1.25 bits per heavy atom. The predicted octanol–water partition coefficient (Wildman–Crippen LogP) is 2.36. The number of hydrazine groups is 1. The van der Waals surface area contributed by atoms with E-state index in [1.165, 1.54) is 21.0 Å². The second-order valence-corrected chi connectivity index (χ2v) is 7.65. The van der Waals surface area contributed by atoms with Crippen LogP contribution in [0.25, 0.3) is 0 Å². The highest BCUT2D eigenvalue weighted by atomic mass is 16.6. The van der Waals surface area contributed by atoms with Gasteiger partial charge < -0.3 is 14.6 Å². The van der Waals surface area contributed by atoms with Gasteiger partial charge in [0.25, 0.3) is 0 Å². The van der Waals surface area contributed by atoms with Crippen molar-refractivity contribution in [3.8, 4) is 6.07 Å². The number of hydrogen-bond acceptors (Lipinski definition) is 7. The fourth-order valence-corrected chi connectivity index (χ4v) is 3.43.